The van der Waals surface area contributed by atoms with Crippen LogP contribution in [0.5, 0.6) is 0 Å². The second kappa shape index (κ2) is 22.4. The number of pyridine rings is 1. The maximum atomic E-state index is 16.1. The number of aryl methyl sites for hydroxylation is 1. The van der Waals surface area contributed by atoms with Gasteiger partial charge in [-0.3, -0.25) is 33.9 Å². The molecule has 422 valence electrons. The number of aromatic nitrogens is 2. The second-order valence-electron chi connectivity index (χ2n) is 20.8. The van der Waals surface area contributed by atoms with Gasteiger partial charge in [0, 0.05) is 42.4 Å². The van der Waals surface area contributed by atoms with Gasteiger partial charge >= 0.3 is 12.4 Å². The topological polar surface area (TPSA) is 201 Å². The summed E-state index contributed by atoms with van der Waals surface area (Å²) in [7, 11) is 0. The molecule has 0 bridgehead atoms. The molecule has 8 rings (SSSR count). The number of halogens is 8. The Morgan fingerprint density at radius 3 is 2.17 bits per heavy atom. The summed E-state index contributed by atoms with van der Waals surface area (Å²) in [5.74, 6) is -6.94. The predicted octanol–water partition coefficient (Wildman–Crippen LogP) is 9.89. The molecule has 5 amide bonds. The van der Waals surface area contributed by atoms with Crippen LogP contribution in [0.15, 0.2) is 96.6 Å². The van der Waals surface area contributed by atoms with E-state index in [0.29, 0.717) is 28.7 Å². The van der Waals surface area contributed by atoms with Crippen LogP contribution < -0.4 is 25.8 Å². The van der Waals surface area contributed by atoms with Crippen molar-refractivity contribution in [1.29, 1.82) is 5.26 Å². The standard InChI is InChI=1S/C56H49F8N9O6S2/c1-28-46(81-27-68-28)31-11-9-30(10-12-31)24-67-49(77)41-22-36(74)26-71(41)50(78)47(53(2,3)4)70-42(75)19-29-7-13-32(14-8-29)48(76)69-34-16-17-37(38(20-34)55(59,60)61)45-39(57)21-35(25-66-45)73-52(80)72(51(79)54(73,5)6)40-18-15-33(23-65)43(44(40)58)56(62,63)64/h7-18,20-21,25,27,36,41,47,74H,19,22,24,26H2,1-6H3,(H,67,77)(H,69,76)(H,70,75)/t36-,41?,47-/m1/s1. The predicted molar refractivity (Wildman–Crippen MR) is 287 cm³/mol. The first-order valence-electron chi connectivity index (χ1n) is 24.7. The number of aliphatic hydroxyl groups excluding tert-OH is 1. The molecule has 1 unspecified atom stereocenters. The van der Waals surface area contributed by atoms with Gasteiger partial charge < -0.3 is 30.9 Å². The highest BCUT2D eigenvalue weighted by atomic mass is 32.1. The van der Waals surface area contributed by atoms with E-state index in [1.165, 1.54) is 60.4 Å². The second-order valence-corrected chi connectivity index (χ2v) is 22.0. The lowest BCUT2D eigenvalue weighted by Crippen LogP contribution is -2.58. The van der Waals surface area contributed by atoms with Gasteiger partial charge in [0.25, 0.3) is 11.8 Å². The molecule has 2 aliphatic rings. The molecule has 0 aliphatic carbocycles. The third kappa shape index (κ3) is 12.1. The Kier molecular flexibility index (Phi) is 16.3. The minimum absolute atomic E-state index is 0.0185. The number of hydrogen-bond acceptors (Lipinski definition) is 11. The minimum atomic E-state index is -5.36. The van der Waals surface area contributed by atoms with Crippen LogP contribution >= 0.6 is 23.6 Å². The van der Waals surface area contributed by atoms with Gasteiger partial charge in [0.1, 0.15) is 28.9 Å². The summed E-state index contributed by atoms with van der Waals surface area (Å²) in [6.45, 7) is 9.57. The maximum absolute atomic E-state index is 16.1. The summed E-state index contributed by atoms with van der Waals surface area (Å²) < 4.78 is 117. The van der Waals surface area contributed by atoms with Crippen molar-refractivity contribution in [2.24, 2.45) is 5.41 Å². The lowest BCUT2D eigenvalue weighted by atomic mass is 9.85. The van der Waals surface area contributed by atoms with Crippen LogP contribution in [-0.2, 0) is 44.5 Å². The van der Waals surface area contributed by atoms with Crippen LogP contribution in [0.4, 0.5) is 52.2 Å². The van der Waals surface area contributed by atoms with Gasteiger partial charge in [-0.2, -0.15) is 31.6 Å². The van der Waals surface area contributed by atoms with Gasteiger partial charge in [0.2, 0.25) is 17.7 Å². The van der Waals surface area contributed by atoms with E-state index in [4.69, 9.17) is 12.2 Å². The number of rotatable bonds is 13. The molecule has 2 aromatic heterocycles. The van der Waals surface area contributed by atoms with E-state index in [0.717, 1.165) is 51.0 Å². The zero-order valence-corrected chi connectivity index (χ0v) is 45.4. The van der Waals surface area contributed by atoms with Crippen molar-refractivity contribution < 1.29 is 64.2 Å². The van der Waals surface area contributed by atoms with Crippen molar-refractivity contribution in [2.45, 2.75) is 97.0 Å². The maximum Gasteiger partial charge on any atom is 0.420 e. The van der Waals surface area contributed by atoms with Gasteiger partial charge in [0.05, 0.1) is 63.4 Å². The van der Waals surface area contributed by atoms with Crippen molar-refractivity contribution >= 4 is 75.3 Å². The number of nitriles is 1. The molecule has 6 aromatic rings. The van der Waals surface area contributed by atoms with Crippen molar-refractivity contribution in [2.75, 3.05) is 21.7 Å². The molecule has 25 heteroatoms. The Labute approximate surface area is 467 Å². The number of carbonyl (C=O) groups excluding carboxylic acids is 5. The molecule has 3 atom stereocenters. The van der Waals surface area contributed by atoms with Crippen LogP contribution in [0, 0.1) is 35.3 Å². The fourth-order valence-electron chi connectivity index (χ4n) is 9.52. The molecule has 0 saturated carbocycles. The van der Waals surface area contributed by atoms with Gasteiger partial charge in [-0.05, 0) is 91.5 Å². The van der Waals surface area contributed by atoms with E-state index in [2.05, 4.69) is 25.9 Å². The highest BCUT2D eigenvalue weighted by Crippen LogP contribution is 2.44. The van der Waals surface area contributed by atoms with E-state index in [1.807, 2.05) is 31.2 Å². The summed E-state index contributed by atoms with van der Waals surface area (Å²) in [5.41, 5.74) is -5.63. The number of aliphatic hydroxyl groups is 1. The zero-order chi connectivity index (χ0) is 59.3. The summed E-state index contributed by atoms with van der Waals surface area (Å²) in [4.78, 5) is 80.1. The fourth-order valence-corrected chi connectivity index (χ4v) is 10.8. The number of β-amino-alcohol motifs (C(OH)–C–C–N with tert-alkyl or cyclic N) is 1. The quantitative estimate of drug-likeness (QED) is 0.0634. The molecule has 2 fully saturated rings. The molecule has 81 heavy (non-hydrogen) atoms. The number of thiocarbonyl (C=S) groups is 1. The summed E-state index contributed by atoms with van der Waals surface area (Å²) in [5, 5.41) is 27.2. The number of carbonyl (C=O) groups is 5. The number of hydrogen-bond donors (Lipinski definition) is 4. The van der Waals surface area contributed by atoms with Gasteiger partial charge in [-0.1, -0.05) is 63.2 Å². The average molecular weight is 1160 g/mol. The molecule has 4 heterocycles. The molecular formula is C56H49F8N9O6S2. The van der Waals surface area contributed by atoms with Crippen molar-refractivity contribution in [1.82, 2.24) is 25.5 Å². The van der Waals surface area contributed by atoms with Crippen LogP contribution in [0.3, 0.4) is 0 Å². The van der Waals surface area contributed by atoms with E-state index < -0.39 is 121 Å². The summed E-state index contributed by atoms with van der Waals surface area (Å²) >= 11 is 6.90. The van der Waals surface area contributed by atoms with Crippen molar-refractivity contribution in [3.05, 3.63) is 147 Å². The molecule has 0 radical (unpaired) electrons. The van der Waals surface area contributed by atoms with Crippen LogP contribution in [0.25, 0.3) is 21.7 Å². The SMILES string of the molecule is Cc1ncsc1-c1ccc(CNC(=O)C2C[C@@H](O)CN2C(=O)[C@@H](NC(=O)Cc2ccc(C(=O)Nc3ccc(-c4ncc(N5C(=S)N(c6ccc(C#N)c(C(F)(F)F)c6F)C(=O)C5(C)C)cc4F)c(C(F)(F)F)c3)cc2)C(C)(C)C)cc1. The molecule has 2 saturated heterocycles. The Bertz CT molecular complexity index is 3540. The Morgan fingerprint density at radius 1 is 0.914 bits per heavy atom. The first kappa shape index (κ1) is 58.9. The van der Waals surface area contributed by atoms with E-state index in [1.54, 1.807) is 26.3 Å². The van der Waals surface area contributed by atoms with Crippen LogP contribution in [0.1, 0.15) is 84.9 Å². The Morgan fingerprint density at radius 2 is 1.58 bits per heavy atom. The highest BCUT2D eigenvalue weighted by molar-refractivity contribution is 7.81. The summed E-state index contributed by atoms with van der Waals surface area (Å²) in [6.07, 6.45) is -10.9. The first-order valence-corrected chi connectivity index (χ1v) is 26.0. The molecule has 4 N–H and O–H groups in total. The third-order valence-corrected chi connectivity index (χ3v) is 15.0. The minimum Gasteiger partial charge on any atom is -0.391 e. The number of alkyl halides is 6. The van der Waals surface area contributed by atoms with E-state index >= 15 is 8.78 Å². The number of amides is 5. The molecule has 4 aromatic carbocycles. The molecule has 2 aliphatic heterocycles. The fraction of sp³-hybridized carbons (Fsp3) is 0.304. The first-order chi connectivity index (χ1) is 37.9. The average Bonchev–Trinajstić information content (AvgIpc) is 2.77. The number of benzene rings is 4. The van der Waals surface area contributed by atoms with Crippen LogP contribution in [-0.4, -0.2) is 84.9 Å². The highest BCUT2D eigenvalue weighted by Gasteiger charge is 2.52. The number of anilines is 3. The number of nitrogens with one attached hydrogen (secondary N) is 3. The van der Waals surface area contributed by atoms with Crippen molar-refractivity contribution in [3.63, 3.8) is 0 Å². The normalized spacial score (nSPS) is 16.8. The smallest absolute Gasteiger partial charge is 0.391 e. The van der Waals surface area contributed by atoms with Crippen molar-refractivity contribution in [3.8, 4) is 27.8 Å². The Balaban J connectivity index is 0.915. The van der Waals surface area contributed by atoms with E-state index in [-0.39, 0.29) is 42.9 Å². The van der Waals surface area contributed by atoms with Gasteiger partial charge in [0.15, 0.2) is 16.7 Å². The largest absolute Gasteiger partial charge is 0.420 e. The lowest BCUT2D eigenvalue weighted by Gasteiger charge is -2.35. The lowest BCUT2D eigenvalue weighted by molar-refractivity contribution is -0.144. The van der Waals surface area contributed by atoms with Gasteiger partial charge in [-0.25, -0.2) is 13.8 Å². The van der Waals surface area contributed by atoms with Crippen LogP contribution in [0.2, 0.25) is 0 Å². The number of likely N-dealkylation sites (tertiary alicyclic amines) is 1. The monoisotopic (exact) mass is 1160 g/mol. The number of thiazole rings is 1. The van der Waals surface area contributed by atoms with E-state index in [9.17, 15) is 60.7 Å². The third-order valence-electron chi connectivity index (χ3n) is 13.6. The molecule has 0 spiro atoms. The van der Waals surface area contributed by atoms with Gasteiger partial charge in [-0.15, -0.1) is 11.3 Å². The Hall–Kier alpha value is -8.21. The molecular weight excluding hydrogens is 1110 g/mol. The summed E-state index contributed by atoms with van der Waals surface area (Å²) in [6, 6.07) is 16.7. The molecule has 15 nitrogen and oxygen atoms in total. The zero-order valence-electron chi connectivity index (χ0n) is 43.8. The number of nitrogens with zero attached hydrogens (tertiary/aromatic N) is 6.